The summed E-state index contributed by atoms with van der Waals surface area (Å²) in [5.41, 5.74) is 2.19. The fourth-order valence-corrected chi connectivity index (χ4v) is 2.24. The van der Waals surface area contributed by atoms with Crippen LogP contribution >= 0.6 is 0 Å². The molecular formula is C16H18N4O2. The van der Waals surface area contributed by atoms with Crippen molar-refractivity contribution in [2.75, 3.05) is 36.5 Å². The van der Waals surface area contributed by atoms with Crippen LogP contribution in [-0.4, -0.2) is 42.4 Å². The Kier molecular flexibility index (Phi) is 4.29. The lowest BCUT2D eigenvalue weighted by molar-refractivity contribution is 0.102. The fraction of sp³-hybridized carbons (Fsp3) is 0.312. The first-order chi connectivity index (χ1) is 10.7. The normalized spacial score (nSPS) is 14.7. The molecule has 6 heteroatoms. The van der Waals surface area contributed by atoms with Crippen LogP contribution in [0.3, 0.4) is 0 Å². The van der Waals surface area contributed by atoms with Crippen molar-refractivity contribution in [1.29, 1.82) is 0 Å². The van der Waals surface area contributed by atoms with E-state index in [1.165, 1.54) is 0 Å². The summed E-state index contributed by atoms with van der Waals surface area (Å²) in [4.78, 5) is 14.2. The van der Waals surface area contributed by atoms with Gasteiger partial charge in [-0.3, -0.25) is 4.79 Å². The summed E-state index contributed by atoms with van der Waals surface area (Å²) in [6.45, 7) is 4.98. The zero-order valence-electron chi connectivity index (χ0n) is 12.5. The molecule has 114 valence electrons. The van der Waals surface area contributed by atoms with Crippen LogP contribution in [0, 0.1) is 6.92 Å². The predicted molar refractivity (Wildman–Crippen MR) is 84.2 cm³/mol. The number of rotatable bonds is 3. The van der Waals surface area contributed by atoms with E-state index in [2.05, 4.69) is 20.4 Å². The molecule has 0 radical (unpaired) electrons. The van der Waals surface area contributed by atoms with Crippen molar-refractivity contribution in [3.05, 3.63) is 47.7 Å². The number of benzene rings is 1. The lowest BCUT2D eigenvalue weighted by Crippen LogP contribution is -2.37. The van der Waals surface area contributed by atoms with Crippen LogP contribution in [0.4, 0.5) is 11.5 Å². The molecule has 2 aromatic rings. The molecule has 1 fully saturated rings. The van der Waals surface area contributed by atoms with Gasteiger partial charge in [0.1, 0.15) is 0 Å². The van der Waals surface area contributed by atoms with Gasteiger partial charge in [0.2, 0.25) is 0 Å². The second-order valence-corrected chi connectivity index (χ2v) is 5.20. The lowest BCUT2D eigenvalue weighted by Gasteiger charge is -2.27. The van der Waals surface area contributed by atoms with Crippen molar-refractivity contribution < 1.29 is 9.53 Å². The van der Waals surface area contributed by atoms with Crippen LogP contribution in [0.5, 0.6) is 0 Å². The quantitative estimate of drug-likeness (QED) is 0.937. The summed E-state index contributed by atoms with van der Waals surface area (Å²) in [5.74, 6) is 0.514. The maximum absolute atomic E-state index is 12.1. The first kappa shape index (κ1) is 14.5. The molecule has 1 aliphatic heterocycles. The molecule has 0 aliphatic carbocycles. The molecule has 0 unspecified atom stereocenters. The van der Waals surface area contributed by atoms with Gasteiger partial charge in [0.15, 0.2) is 11.5 Å². The van der Waals surface area contributed by atoms with Crippen molar-refractivity contribution >= 4 is 17.4 Å². The Bertz CT molecular complexity index is 634. The van der Waals surface area contributed by atoms with E-state index in [1.54, 1.807) is 6.07 Å². The van der Waals surface area contributed by atoms with Crippen LogP contribution in [0.2, 0.25) is 0 Å². The van der Waals surface area contributed by atoms with Gasteiger partial charge in [0.25, 0.3) is 5.91 Å². The average molecular weight is 298 g/mol. The number of carbonyl (C=O) groups excluding carboxylic acids is 1. The first-order valence-electron chi connectivity index (χ1n) is 7.27. The molecule has 1 aliphatic rings. The van der Waals surface area contributed by atoms with Crippen molar-refractivity contribution in [3.63, 3.8) is 0 Å². The number of ether oxygens (including phenoxy) is 1. The Hall–Kier alpha value is -2.47. The molecule has 6 nitrogen and oxygen atoms in total. The van der Waals surface area contributed by atoms with Gasteiger partial charge in [0.05, 0.1) is 13.2 Å². The van der Waals surface area contributed by atoms with Crippen LogP contribution in [0.15, 0.2) is 36.4 Å². The first-order valence-corrected chi connectivity index (χ1v) is 7.27. The van der Waals surface area contributed by atoms with Crippen LogP contribution in [0.1, 0.15) is 16.1 Å². The molecule has 0 saturated carbocycles. The van der Waals surface area contributed by atoms with Crippen LogP contribution < -0.4 is 10.2 Å². The van der Waals surface area contributed by atoms with E-state index in [1.807, 2.05) is 37.3 Å². The molecule has 0 atom stereocenters. The highest BCUT2D eigenvalue weighted by atomic mass is 16.5. The molecule has 0 spiro atoms. The van der Waals surface area contributed by atoms with E-state index in [9.17, 15) is 4.79 Å². The molecule has 1 aromatic carbocycles. The number of morpholine rings is 1. The minimum atomic E-state index is -0.259. The number of aromatic nitrogens is 2. The largest absolute Gasteiger partial charge is 0.378 e. The fourth-order valence-electron chi connectivity index (χ4n) is 2.24. The Labute approximate surface area is 129 Å². The number of amides is 1. The van der Waals surface area contributed by atoms with Crippen LogP contribution in [-0.2, 0) is 4.74 Å². The van der Waals surface area contributed by atoms with Gasteiger partial charge in [-0.15, -0.1) is 10.2 Å². The zero-order chi connectivity index (χ0) is 15.4. The highest BCUT2D eigenvalue weighted by Gasteiger charge is 2.14. The SMILES string of the molecule is Cc1ccc(NC(=O)c2ccc(N3CCOCC3)nn2)cc1. The molecule has 1 amide bonds. The van der Waals surface area contributed by atoms with E-state index in [0.29, 0.717) is 18.9 Å². The Morgan fingerprint density at radius 2 is 1.82 bits per heavy atom. The summed E-state index contributed by atoms with van der Waals surface area (Å²) >= 11 is 0. The summed E-state index contributed by atoms with van der Waals surface area (Å²) in [5, 5.41) is 11.0. The van der Waals surface area contributed by atoms with E-state index < -0.39 is 0 Å². The van der Waals surface area contributed by atoms with Crippen LogP contribution in [0.25, 0.3) is 0 Å². The molecule has 0 bridgehead atoms. The number of hydrogen-bond acceptors (Lipinski definition) is 5. The van der Waals surface area contributed by atoms with Crippen molar-refractivity contribution in [3.8, 4) is 0 Å². The van der Waals surface area contributed by atoms with Crippen molar-refractivity contribution in [2.24, 2.45) is 0 Å². The van der Waals surface area contributed by atoms with Crippen molar-refractivity contribution in [2.45, 2.75) is 6.92 Å². The minimum Gasteiger partial charge on any atom is -0.378 e. The third-order valence-electron chi connectivity index (χ3n) is 3.53. The summed E-state index contributed by atoms with van der Waals surface area (Å²) in [6.07, 6.45) is 0. The molecule has 1 aromatic heterocycles. The van der Waals surface area contributed by atoms with E-state index in [-0.39, 0.29) is 5.91 Å². The number of nitrogens with one attached hydrogen (secondary N) is 1. The van der Waals surface area contributed by atoms with E-state index >= 15 is 0 Å². The zero-order valence-corrected chi connectivity index (χ0v) is 12.5. The van der Waals surface area contributed by atoms with Crippen molar-refractivity contribution in [1.82, 2.24) is 10.2 Å². The van der Waals surface area contributed by atoms with Gasteiger partial charge in [-0.1, -0.05) is 17.7 Å². The highest BCUT2D eigenvalue weighted by molar-refractivity contribution is 6.02. The van der Waals surface area contributed by atoms with E-state index in [0.717, 1.165) is 30.2 Å². The highest BCUT2D eigenvalue weighted by Crippen LogP contribution is 2.13. The number of nitrogens with zero attached hydrogens (tertiary/aromatic N) is 3. The molecule has 2 heterocycles. The lowest BCUT2D eigenvalue weighted by atomic mass is 10.2. The maximum atomic E-state index is 12.1. The monoisotopic (exact) mass is 298 g/mol. The van der Waals surface area contributed by atoms with Gasteiger partial charge < -0.3 is 15.0 Å². The molecule has 1 saturated heterocycles. The molecular weight excluding hydrogens is 280 g/mol. The molecule has 3 rings (SSSR count). The molecule has 22 heavy (non-hydrogen) atoms. The van der Waals surface area contributed by atoms with Gasteiger partial charge in [-0.25, -0.2) is 0 Å². The number of hydrogen-bond donors (Lipinski definition) is 1. The van der Waals surface area contributed by atoms with Gasteiger partial charge in [-0.05, 0) is 31.2 Å². The Morgan fingerprint density at radius 1 is 1.09 bits per heavy atom. The average Bonchev–Trinajstić information content (AvgIpc) is 2.58. The second kappa shape index (κ2) is 6.53. The van der Waals surface area contributed by atoms with E-state index in [4.69, 9.17) is 4.74 Å². The summed E-state index contributed by atoms with van der Waals surface area (Å²) in [6, 6.07) is 11.1. The third-order valence-corrected chi connectivity index (χ3v) is 3.53. The summed E-state index contributed by atoms with van der Waals surface area (Å²) in [7, 11) is 0. The second-order valence-electron chi connectivity index (χ2n) is 5.20. The maximum Gasteiger partial charge on any atom is 0.276 e. The van der Waals surface area contributed by atoms with Gasteiger partial charge >= 0.3 is 0 Å². The smallest absolute Gasteiger partial charge is 0.276 e. The third kappa shape index (κ3) is 3.40. The van der Waals surface area contributed by atoms with Gasteiger partial charge in [-0.2, -0.15) is 0 Å². The topological polar surface area (TPSA) is 67.4 Å². The minimum absolute atomic E-state index is 0.259. The standard InChI is InChI=1S/C16H18N4O2/c1-12-2-4-13(5-3-12)17-16(21)14-6-7-15(19-18-14)20-8-10-22-11-9-20/h2-7H,8-11H2,1H3,(H,17,21). The number of aryl methyl sites for hydroxylation is 1. The summed E-state index contributed by atoms with van der Waals surface area (Å²) < 4.78 is 5.30. The Morgan fingerprint density at radius 3 is 2.45 bits per heavy atom. The van der Waals surface area contributed by atoms with Gasteiger partial charge in [0, 0.05) is 18.8 Å². The molecule has 1 N–H and O–H groups in total. The number of carbonyl (C=O) groups is 1. The Balaban J connectivity index is 1.66. The predicted octanol–water partition coefficient (Wildman–Crippen LogP) is 1.87. The number of anilines is 2.